The molecular weight excluding hydrogens is 276 g/mol. The third-order valence-corrected chi connectivity index (χ3v) is 3.76. The molecule has 0 aliphatic carbocycles. The van der Waals surface area contributed by atoms with Gasteiger partial charge in [-0.05, 0) is 43.3 Å². The number of carbonyl (C=O) groups is 1. The van der Waals surface area contributed by atoms with Crippen LogP contribution in [0.15, 0.2) is 22.6 Å². The van der Waals surface area contributed by atoms with E-state index in [1.165, 1.54) is 0 Å². The Bertz CT molecular complexity index is 670. The second-order valence-electron chi connectivity index (χ2n) is 4.84. The molecule has 0 spiro atoms. The molecule has 3 N–H and O–H groups in total. The van der Waals surface area contributed by atoms with Gasteiger partial charge in [-0.1, -0.05) is 13.8 Å². The van der Waals surface area contributed by atoms with E-state index in [4.69, 9.17) is 16.6 Å². The molecule has 0 radical (unpaired) electrons. The van der Waals surface area contributed by atoms with Crippen LogP contribution in [0.1, 0.15) is 37.0 Å². The SMILES string of the molecule is CCC(O)(CC)CNC(=O)c1ccc2[nH]c(=S)oc2c1. The van der Waals surface area contributed by atoms with Crippen LogP contribution in [0.3, 0.4) is 0 Å². The van der Waals surface area contributed by atoms with Gasteiger partial charge in [0.05, 0.1) is 11.1 Å². The highest BCUT2D eigenvalue weighted by Crippen LogP contribution is 2.16. The topological polar surface area (TPSA) is 78.3 Å². The van der Waals surface area contributed by atoms with E-state index in [0.29, 0.717) is 24.0 Å². The van der Waals surface area contributed by atoms with Crippen molar-refractivity contribution in [1.82, 2.24) is 10.3 Å². The highest BCUT2D eigenvalue weighted by Gasteiger charge is 2.23. The van der Waals surface area contributed by atoms with Gasteiger partial charge in [0.15, 0.2) is 5.58 Å². The molecule has 1 aromatic carbocycles. The predicted octanol–water partition coefficient (Wildman–Crippen LogP) is 2.77. The second kappa shape index (κ2) is 5.76. The van der Waals surface area contributed by atoms with Gasteiger partial charge < -0.3 is 19.8 Å². The maximum absolute atomic E-state index is 12.1. The Morgan fingerprint density at radius 2 is 2.15 bits per heavy atom. The molecule has 0 saturated carbocycles. The molecule has 108 valence electrons. The number of oxazole rings is 1. The predicted molar refractivity (Wildman–Crippen MR) is 79.3 cm³/mol. The van der Waals surface area contributed by atoms with Gasteiger partial charge in [0.2, 0.25) is 0 Å². The first-order valence-electron chi connectivity index (χ1n) is 6.61. The van der Waals surface area contributed by atoms with E-state index in [-0.39, 0.29) is 17.3 Å². The number of amides is 1. The summed E-state index contributed by atoms with van der Waals surface area (Å²) in [6.45, 7) is 4.02. The standard InChI is InChI=1S/C14H18N2O3S/c1-3-14(18,4-2)8-15-12(17)9-5-6-10-11(7-9)19-13(20)16-10/h5-7,18H,3-4,8H2,1-2H3,(H,15,17)(H,16,20). The fraction of sp³-hybridized carbons (Fsp3) is 0.429. The molecule has 0 aliphatic rings. The molecule has 6 heteroatoms. The molecule has 1 heterocycles. The van der Waals surface area contributed by atoms with Gasteiger partial charge in [-0.15, -0.1) is 0 Å². The van der Waals surface area contributed by atoms with E-state index in [2.05, 4.69) is 10.3 Å². The van der Waals surface area contributed by atoms with Crippen LogP contribution in [-0.4, -0.2) is 28.1 Å². The van der Waals surface area contributed by atoms with Crippen molar-refractivity contribution in [1.29, 1.82) is 0 Å². The number of hydrogen-bond donors (Lipinski definition) is 3. The smallest absolute Gasteiger partial charge is 0.266 e. The van der Waals surface area contributed by atoms with Crippen LogP contribution < -0.4 is 5.32 Å². The van der Waals surface area contributed by atoms with Gasteiger partial charge in [0.25, 0.3) is 10.7 Å². The first-order chi connectivity index (χ1) is 9.47. The fourth-order valence-electron chi connectivity index (χ4n) is 1.93. The molecule has 0 bridgehead atoms. The summed E-state index contributed by atoms with van der Waals surface area (Å²) in [4.78, 5) is 15.2. The van der Waals surface area contributed by atoms with Crippen LogP contribution in [0.2, 0.25) is 0 Å². The van der Waals surface area contributed by atoms with Gasteiger partial charge in [-0.3, -0.25) is 4.79 Å². The molecule has 1 amide bonds. The number of aliphatic hydroxyl groups is 1. The maximum atomic E-state index is 12.1. The molecule has 1 aromatic heterocycles. The summed E-state index contributed by atoms with van der Waals surface area (Å²) in [6, 6.07) is 5.07. The molecule has 0 fully saturated rings. The van der Waals surface area contributed by atoms with Crippen molar-refractivity contribution < 1.29 is 14.3 Å². The number of aromatic amines is 1. The molecule has 0 aliphatic heterocycles. The summed E-state index contributed by atoms with van der Waals surface area (Å²) in [5, 5.41) is 12.9. The van der Waals surface area contributed by atoms with Crippen molar-refractivity contribution >= 4 is 29.2 Å². The molecule has 0 saturated heterocycles. The zero-order chi connectivity index (χ0) is 14.8. The van der Waals surface area contributed by atoms with E-state index >= 15 is 0 Å². The minimum atomic E-state index is -0.855. The Kier molecular flexibility index (Phi) is 4.25. The molecular formula is C14H18N2O3S. The lowest BCUT2D eigenvalue weighted by atomic mass is 9.97. The number of carbonyl (C=O) groups excluding carboxylic acids is 1. The van der Waals surface area contributed by atoms with Crippen molar-refractivity contribution in [2.24, 2.45) is 0 Å². The van der Waals surface area contributed by atoms with Gasteiger partial charge >= 0.3 is 0 Å². The number of hydrogen-bond acceptors (Lipinski definition) is 4. The minimum Gasteiger partial charge on any atom is -0.429 e. The van der Waals surface area contributed by atoms with Gasteiger partial charge in [-0.2, -0.15) is 0 Å². The molecule has 0 unspecified atom stereocenters. The van der Waals surface area contributed by atoms with Gasteiger partial charge in [0.1, 0.15) is 0 Å². The molecule has 5 nitrogen and oxygen atoms in total. The monoisotopic (exact) mass is 294 g/mol. The maximum Gasteiger partial charge on any atom is 0.266 e. The zero-order valence-electron chi connectivity index (χ0n) is 11.5. The van der Waals surface area contributed by atoms with Crippen molar-refractivity contribution in [3.8, 4) is 0 Å². The first-order valence-corrected chi connectivity index (χ1v) is 7.01. The highest BCUT2D eigenvalue weighted by molar-refractivity contribution is 7.71. The molecule has 0 atom stereocenters. The number of nitrogens with one attached hydrogen (secondary N) is 2. The largest absolute Gasteiger partial charge is 0.429 e. The van der Waals surface area contributed by atoms with E-state index in [1.807, 2.05) is 13.8 Å². The van der Waals surface area contributed by atoms with Crippen molar-refractivity contribution in [2.75, 3.05) is 6.54 Å². The minimum absolute atomic E-state index is 0.230. The number of benzene rings is 1. The van der Waals surface area contributed by atoms with Crippen LogP contribution in [0.25, 0.3) is 11.1 Å². The number of H-pyrrole nitrogens is 1. The van der Waals surface area contributed by atoms with Gasteiger partial charge in [0, 0.05) is 12.1 Å². The lowest BCUT2D eigenvalue weighted by Gasteiger charge is -2.25. The highest BCUT2D eigenvalue weighted by atomic mass is 32.1. The van der Waals surface area contributed by atoms with E-state index in [0.717, 1.165) is 5.52 Å². The second-order valence-corrected chi connectivity index (χ2v) is 5.21. The van der Waals surface area contributed by atoms with Crippen LogP contribution in [-0.2, 0) is 0 Å². The Balaban J connectivity index is 2.13. The summed E-state index contributed by atoms with van der Waals surface area (Å²) in [5.74, 6) is -0.241. The number of fused-ring (bicyclic) bond motifs is 1. The quantitative estimate of drug-likeness (QED) is 0.741. The summed E-state index contributed by atoms with van der Waals surface area (Å²) < 4.78 is 5.28. The summed E-state index contributed by atoms with van der Waals surface area (Å²) >= 11 is 4.90. The van der Waals surface area contributed by atoms with Crippen LogP contribution in [0.4, 0.5) is 0 Å². The third-order valence-electron chi connectivity index (χ3n) is 3.58. The van der Waals surface area contributed by atoms with Crippen LogP contribution in [0, 0.1) is 4.84 Å². The van der Waals surface area contributed by atoms with E-state index in [1.54, 1.807) is 18.2 Å². The number of rotatable bonds is 5. The van der Waals surface area contributed by atoms with Crippen molar-refractivity contribution in [3.63, 3.8) is 0 Å². The Labute approximate surface area is 122 Å². The molecule has 2 aromatic rings. The average molecular weight is 294 g/mol. The zero-order valence-corrected chi connectivity index (χ0v) is 12.3. The lowest BCUT2D eigenvalue weighted by Crippen LogP contribution is -2.42. The third kappa shape index (κ3) is 3.08. The lowest BCUT2D eigenvalue weighted by molar-refractivity contribution is 0.0314. The fourth-order valence-corrected chi connectivity index (χ4v) is 2.13. The first kappa shape index (κ1) is 14.7. The van der Waals surface area contributed by atoms with Crippen LogP contribution in [0.5, 0.6) is 0 Å². The van der Waals surface area contributed by atoms with Crippen molar-refractivity contribution in [2.45, 2.75) is 32.3 Å². The van der Waals surface area contributed by atoms with Crippen molar-refractivity contribution in [3.05, 3.63) is 28.6 Å². The Morgan fingerprint density at radius 1 is 1.45 bits per heavy atom. The summed E-state index contributed by atoms with van der Waals surface area (Å²) in [5.41, 5.74) is 0.922. The Hall–Kier alpha value is -1.66. The number of aromatic nitrogens is 1. The van der Waals surface area contributed by atoms with Gasteiger partial charge in [-0.25, -0.2) is 0 Å². The summed E-state index contributed by atoms with van der Waals surface area (Å²) in [6.07, 6.45) is 1.19. The summed E-state index contributed by atoms with van der Waals surface area (Å²) in [7, 11) is 0. The average Bonchev–Trinajstić information content (AvgIpc) is 2.83. The molecule has 2 rings (SSSR count). The van der Waals surface area contributed by atoms with E-state index in [9.17, 15) is 9.90 Å². The normalized spacial score (nSPS) is 11.8. The Morgan fingerprint density at radius 3 is 2.80 bits per heavy atom. The van der Waals surface area contributed by atoms with Crippen LogP contribution >= 0.6 is 12.2 Å². The van der Waals surface area contributed by atoms with E-state index < -0.39 is 5.60 Å². The molecule has 20 heavy (non-hydrogen) atoms.